The second-order valence-corrected chi connectivity index (χ2v) is 9.02. The van der Waals surface area contributed by atoms with Crippen molar-refractivity contribution in [2.24, 2.45) is 11.8 Å². The summed E-state index contributed by atoms with van der Waals surface area (Å²) in [7, 11) is 0. The van der Waals surface area contributed by atoms with E-state index >= 15 is 0 Å². The van der Waals surface area contributed by atoms with Gasteiger partial charge in [-0.2, -0.15) is 0 Å². The van der Waals surface area contributed by atoms with E-state index in [1.54, 1.807) is 0 Å². The number of ether oxygens (including phenoxy) is 2. The first-order valence-corrected chi connectivity index (χ1v) is 12.9. The normalized spacial score (nSPS) is 11.0. The minimum absolute atomic E-state index is 0.577. The highest BCUT2D eigenvalue weighted by atomic mass is 16.5. The lowest BCUT2D eigenvalue weighted by atomic mass is 10.1. The Bertz CT molecular complexity index is 945. The summed E-state index contributed by atoms with van der Waals surface area (Å²) in [4.78, 5) is 13.3. The lowest BCUT2D eigenvalue weighted by Gasteiger charge is -2.26. The van der Waals surface area contributed by atoms with E-state index < -0.39 is 0 Å². The molecular weight excluding hydrogens is 434 g/mol. The van der Waals surface area contributed by atoms with Gasteiger partial charge in [-0.3, -0.25) is 4.79 Å². The van der Waals surface area contributed by atoms with Crippen molar-refractivity contribution in [1.29, 1.82) is 0 Å². The van der Waals surface area contributed by atoms with Crippen molar-refractivity contribution in [2.45, 2.75) is 53.4 Å². The van der Waals surface area contributed by atoms with Gasteiger partial charge in [0.1, 0.15) is 17.8 Å². The molecule has 0 aliphatic carbocycles. The van der Waals surface area contributed by atoms with Gasteiger partial charge < -0.3 is 14.4 Å². The van der Waals surface area contributed by atoms with Gasteiger partial charge in [0, 0.05) is 22.6 Å². The third-order valence-electron chi connectivity index (χ3n) is 6.76. The molecule has 186 valence electrons. The molecule has 4 nitrogen and oxygen atoms in total. The quantitative estimate of drug-likeness (QED) is 0.220. The van der Waals surface area contributed by atoms with Gasteiger partial charge in [0.15, 0.2) is 0 Å². The largest absolute Gasteiger partial charge is 0.493 e. The summed E-state index contributed by atoms with van der Waals surface area (Å²) >= 11 is 0. The average molecular weight is 474 g/mol. The van der Waals surface area contributed by atoms with E-state index in [4.69, 9.17) is 9.47 Å². The number of nitrogens with zero attached hydrogens (tertiary/aromatic N) is 1. The summed E-state index contributed by atoms with van der Waals surface area (Å²) in [5.41, 5.74) is 3.67. The smallest absolute Gasteiger partial charge is 0.150 e. The molecule has 0 bridgehead atoms. The highest BCUT2D eigenvalue weighted by molar-refractivity contribution is 5.80. The second kappa shape index (κ2) is 13.6. The lowest BCUT2D eigenvalue weighted by Crippen LogP contribution is -2.12. The van der Waals surface area contributed by atoms with Crippen LogP contribution >= 0.6 is 0 Å². The molecule has 0 unspecified atom stereocenters. The molecule has 3 aromatic rings. The van der Waals surface area contributed by atoms with Crippen molar-refractivity contribution in [2.75, 3.05) is 18.1 Å². The van der Waals surface area contributed by atoms with Crippen molar-refractivity contribution >= 4 is 23.3 Å². The molecule has 0 atom stereocenters. The molecule has 35 heavy (non-hydrogen) atoms. The van der Waals surface area contributed by atoms with Gasteiger partial charge in [-0.1, -0.05) is 53.4 Å². The fraction of sp³-hybridized carbons (Fsp3) is 0.387. The molecule has 0 saturated carbocycles. The maximum atomic E-state index is 11.2. The monoisotopic (exact) mass is 473 g/mol. The number of benzene rings is 3. The number of aldehydes is 1. The molecular formula is C31H39NO3. The van der Waals surface area contributed by atoms with E-state index in [9.17, 15) is 4.79 Å². The molecule has 0 aliphatic rings. The van der Waals surface area contributed by atoms with Gasteiger partial charge in [0.25, 0.3) is 0 Å². The number of hydrogen-bond acceptors (Lipinski definition) is 4. The number of rotatable bonds is 14. The van der Waals surface area contributed by atoms with E-state index in [0.717, 1.165) is 73.7 Å². The van der Waals surface area contributed by atoms with Crippen molar-refractivity contribution in [1.82, 2.24) is 0 Å². The summed E-state index contributed by atoms with van der Waals surface area (Å²) in [6.07, 6.45) is 5.35. The SMILES string of the molecule is CCC(CC)COc1ccc(N(c2ccc(C=O)cc2)c2ccc(OCC(CC)CC)cc2)cc1. The Morgan fingerprint density at radius 2 is 0.943 bits per heavy atom. The lowest BCUT2D eigenvalue weighted by molar-refractivity contribution is 0.112. The van der Waals surface area contributed by atoms with Crippen LogP contribution in [0.1, 0.15) is 63.7 Å². The Morgan fingerprint density at radius 3 is 1.26 bits per heavy atom. The maximum absolute atomic E-state index is 11.2. The Balaban J connectivity index is 1.84. The molecule has 0 N–H and O–H groups in total. The zero-order valence-corrected chi connectivity index (χ0v) is 21.6. The van der Waals surface area contributed by atoms with E-state index in [1.165, 1.54) is 0 Å². The number of hydrogen-bond donors (Lipinski definition) is 0. The molecule has 0 aromatic heterocycles. The first-order valence-electron chi connectivity index (χ1n) is 12.9. The van der Waals surface area contributed by atoms with Crippen LogP contribution in [0.15, 0.2) is 72.8 Å². The number of carbonyl (C=O) groups is 1. The zero-order valence-electron chi connectivity index (χ0n) is 21.6. The third kappa shape index (κ3) is 7.35. The molecule has 0 fully saturated rings. The third-order valence-corrected chi connectivity index (χ3v) is 6.76. The van der Waals surface area contributed by atoms with E-state index in [2.05, 4.69) is 56.9 Å². The number of carbonyl (C=O) groups excluding carboxylic acids is 1. The first kappa shape index (κ1) is 26.3. The first-order chi connectivity index (χ1) is 17.1. The van der Waals surface area contributed by atoms with Gasteiger partial charge in [-0.15, -0.1) is 0 Å². The van der Waals surface area contributed by atoms with Crippen molar-refractivity contribution < 1.29 is 14.3 Å². The second-order valence-electron chi connectivity index (χ2n) is 9.02. The Hall–Kier alpha value is -3.27. The summed E-state index contributed by atoms with van der Waals surface area (Å²) in [6, 6.07) is 24.0. The molecule has 0 amide bonds. The van der Waals surface area contributed by atoms with Gasteiger partial charge in [-0.25, -0.2) is 0 Å². The highest BCUT2D eigenvalue weighted by Crippen LogP contribution is 2.36. The summed E-state index contributed by atoms with van der Waals surface area (Å²) in [6.45, 7) is 10.3. The Labute approximate surface area is 210 Å². The fourth-order valence-electron chi connectivity index (χ4n) is 4.01. The van der Waals surface area contributed by atoms with Crippen LogP contribution in [-0.4, -0.2) is 19.5 Å². The minimum atomic E-state index is 0.577. The van der Waals surface area contributed by atoms with E-state index in [0.29, 0.717) is 17.4 Å². The predicted molar refractivity (Wildman–Crippen MR) is 146 cm³/mol. The topological polar surface area (TPSA) is 38.8 Å². The van der Waals surface area contributed by atoms with Crippen molar-refractivity contribution in [3.63, 3.8) is 0 Å². The van der Waals surface area contributed by atoms with E-state index in [1.807, 2.05) is 48.5 Å². The number of anilines is 3. The van der Waals surface area contributed by atoms with Crippen LogP contribution in [0.5, 0.6) is 11.5 Å². The average Bonchev–Trinajstić information content (AvgIpc) is 2.92. The zero-order chi connectivity index (χ0) is 25.0. The van der Waals surface area contributed by atoms with Crippen LogP contribution in [-0.2, 0) is 0 Å². The molecule has 0 heterocycles. The minimum Gasteiger partial charge on any atom is -0.493 e. The van der Waals surface area contributed by atoms with Gasteiger partial charge in [0.2, 0.25) is 0 Å². The standard InChI is InChI=1S/C31H39NO3/c1-5-24(6-2)22-34-30-17-13-28(14-18-30)32(27-11-9-26(21-33)10-12-27)29-15-19-31(20-16-29)35-23-25(7-3)8-4/h9-21,24-25H,5-8,22-23H2,1-4H3. The van der Waals surface area contributed by atoms with Gasteiger partial charge in [0.05, 0.1) is 13.2 Å². The maximum Gasteiger partial charge on any atom is 0.150 e. The molecule has 0 spiro atoms. The molecule has 3 aromatic carbocycles. The summed E-state index contributed by atoms with van der Waals surface area (Å²) in [5.74, 6) is 2.91. The molecule has 0 radical (unpaired) electrons. The summed E-state index contributed by atoms with van der Waals surface area (Å²) in [5, 5.41) is 0. The van der Waals surface area contributed by atoms with Crippen LogP contribution < -0.4 is 14.4 Å². The molecule has 3 rings (SSSR count). The predicted octanol–water partition coefficient (Wildman–Crippen LogP) is 8.60. The van der Waals surface area contributed by atoms with Crippen LogP contribution in [0.3, 0.4) is 0 Å². The van der Waals surface area contributed by atoms with Crippen LogP contribution in [0.25, 0.3) is 0 Å². The van der Waals surface area contributed by atoms with Gasteiger partial charge >= 0.3 is 0 Å². The highest BCUT2D eigenvalue weighted by Gasteiger charge is 2.14. The van der Waals surface area contributed by atoms with Crippen molar-refractivity contribution in [3.05, 3.63) is 78.4 Å². The Kier molecular flexibility index (Phi) is 10.2. The summed E-state index contributed by atoms with van der Waals surface area (Å²) < 4.78 is 12.1. The molecule has 0 saturated heterocycles. The fourth-order valence-corrected chi connectivity index (χ4v) is 4.01. The molecule has 0 aliphatic heterocycles. The van der Waals surface area contributed by atoms with E-state index in [-0.39, 0.29) is 0 Å². The molecule has 4 heteroatoms. The van der Waals surface area contributed by atoms with Crippen molar-refractivity contribution in [3.8, 4) is 11.5 Å². The Morgan fingerprint density at radius 1 is 0.600 bits per heavy atom. The van der Waals surface area contributed by atoms with Crippen LogP contribution in [0, 0.1) is 11.8 Å². The van der Waals surface area contributed by atoms with Gasteiger partial charge in [-0.05, 0) is 84.6 Å². The van der Waals surface area contributed by atoms with Crippen LogP contribution in [0.4, 0.5) is 17.1 Å². The van der Waals surface area contributed by atoms with Crippen LogP contribution in [0.2, 0.25) is 0 Å².